The van der Waals surface area contributed by atoms with Crippen LogP contribution in [0.4, 0.5) is 0 Å². The zero-order valence-electron chi connectivity index (χ0n) is 14.1. The molecule has 0 saturated heterocycles. The molecule has 0 aliphatic rings. The molecule has 0 aliphatic carbocycles. The van der Waals surface area contributed by atoms with Crippen LogP contribution < -0.4 is 16.5 Å². The number of carbonyl (C=O) groups is 2. The predicted molar refractivity (Wildman–Crippen MR) is 101 cm³/mol. The third kappa shape index (κ3) is 4.34. The summed E-state index contributed by atoms with van der Waals surface area (Å²) in [7, 11) is 0. The molecule has 1 heterocycles. The summed E-state index contributed by atoms with van der Waals surface area (Å²) in [6.07, 6.45) is 0. The van der Waals surface area contributed by atoms with Crippen molar-refractivity contribution in [3.05, 3.63) is 64.6 Å². The summed E-state index contributed by atoms with van der Waals surface area (Å²) in [4.78, 5) is 39.4. The molecule has 0 radical (unpaired) electrons. The zero-order valence-corrected chi connectivity index (χ0v) is 14.9. The number of hydrogen-bond acceptors (Lipinski definition) is 4. The second-order valence-corrected chi connectivity index (χ2v) is 6.78. The number of aryl methyl sites for hydroxylation is 1. The van der Waals surface area contributed by atoms with Crippen molar-refractivity contribution in [2.24, 2.45) is 0 Å². The van der Waals surface area contributed by atoms with Gasteiger partial charge in [0.15, 0.2) is 0 Å². The number of fused-ring (bicyclic) bond motifs is 1. The molecule has 2 aromatic carbocycles. The highest BCUT2D eigenvalue weighted by molar-refractivity contribution is 8.00. The predicted octanol–water partition coefficient (Wildman–Crippen LogP) is 1.58. The first-order valence-corrected chi connectivity index (χ1v) is 8.96. The molecule has 26 heavy (non-hydrogen) atoms. The number of imidazole rings is 1. The monoisotopic (exact) mass is 370 g/mol. The maximum Gasteiger partial charge on any atom is 0.326 e. The number of carbonyl (C=O) groups excluding carboxylic acids is 2. The molecule has 0 fully saturated rings. The molecule has 0 unspecified atom stereocenters. The lowest BCUT2D eigenvalue weighted by molar-refractivity contribution is -0.128. The van der Waals surface area contributed by atoms with E-state index in [1.54, 1.807) is 24.3 Å². The molecule has 8 heteroatoms. The lowest BCUT2D eigenvalue weighted by Crippen LogP contribution is -2.44. The number of nitrogens with zero attached hydrogens (tertiary/aromatic N) is 1. The topological polar surface area (TPSA) is 96.0 Å². The highest BCUT2D eigenvalue weighted by Gasteiger charge is 2.11. The van der Waals surface area contributed by atoms with Gasteiger partial charge < -0.3 is 4.98 Å². The number of hydrogen-bond donors (Lipinski definition) is 3. The van der Waals surface area contributed by atoms with Crippen LogP contribution in [0.1, 0.15) is 5.56 Å². The first-order valence-electron chi connectivity index (χ1n) is 7.97. The molecule has 3 rings (SSSR count). The molecular weight excluding hydrogens is 352 g/mol. The summed E-state index contributed by atoms with van der Waals surface area (Å²) in [5, 5.41) is 0. The van der Waals surface area contributed by atoms with Gasteiger partial charge in [0.2, 0.25) is 5.91 Å². The van der Waals surface area contributed by atoms with Crippen molar-refractivity contribution in [1.82, 2.24) is 20.4 Å². The van der Waals surface area contributed by atoms with E-state index in [0.717, 1.165) is 10.5 Å². The Bertz CT molecular complexity index is 992. The minimum absolute atomic E-state index is 0.177. The Morgan fingerprint density at radius 2 is 1.73 bits per heavy atom. The summed E-state index contributed by atoms with van der Waals surface area (Å²) in [5.41, 5.74) is 6.76. The first kappa shape index (κ1) is 17.8. The Balaban J connectivity index is 1.50. The second-order valence-electron chi connectivity index (χ2n) is 5.73. The molecule has 0 spiro atoms. The van der Waals surface area contributed by atoms with Crippen molar-refractivity contribution in [2.45, 2.75) is 18.4 Å². The van der Waals surface area contributed by atoms with E-state index >= 15 is 0 Å². The minimum atomic E-state index is -0.481. The fourth-order valence-corrected chi connectivity index (χ4v) is 3.10. The van der Waals surface area contributed by atoms with Crippen LogP contribution in [0, 0.1) is 6.92 Å². The number of amides is 2. The van der Waals surface area contributed by atoms with Gasteiger partial charge in [-0.15, -0.1) is 11.8 Å². The van der Waals surface area contributed by atoms with Crippen LogP contribution in [0.5, 0.6) is 0 Å². The lowest BCUT2D eigenvalue weighted by Gasteiger charge is -2.08. The standard InChI is InChI=1S/C18H18N4O3S/c1-12-6-8-13(9-7-12)26-11-17(24)21-20-16(23)10-22-15-5-3-2-4-14(15)19-18(22)25/h2-9H,10-11H2,1H3,(H,19,25)(H,20,23)(H,21,24). The van der Waals surface area contributed by atoms with E-state index in [9.17, 15) is 14.4 Å². The molecule has 0 aliphatic heterocycles. The lowest BCUT2D eigenvalue weighted by atomic mass is 10.2. The molecule has 134 valence electrons. The highest BCUT2D eigenvalue weighted by atomic mass is 32.2. The first-order chi connectivity index (χ1) is 12.5. The van der Waals surface area contributed by atoms with E-state index in [-0.39, 0.29) is 23.9 Å². The normalized spacial score (nSPS) is 10.7. The van der Waals surface area contributed by atoms with Crippen molar-refractivity contribution >= 4 is 34.6 Å². The van der Waals surface area contributed by atoms with Gasteiger partial charge in [-0.1, -0.05) is 29.8 Å². The van der Waals surface area contributed by atoms with E-state index in [2.05, 4.69) is 15.8 Å². The zero-order chi connectivity index (χ0) is 18.5. The average Bonchev–Trinajstić information content (AvgIpc) is 2.95. The van der Waals surface area contributed by atoms with Crippen molar-refractivity contribution in [2.75, 3.05) is 5.75 Å². The second kappa shape index (κ2) is 7.92. The molecule has 2 amide bonds. The Kier molecular flexibility index (Phi) is 5.43. The number of para-hydroxylation sites is 2. The van der Waals surface area contributed by atoms with Gasteiger partial charge in [0.05, 0.1) is 16.8 Å². The van der Waals surface area contributed by atoms with Crippen molar-refractivity contribution in [3.8, 4) is 0 Å². The summed E-state index contributed by atoms with van der Waals surface area (Å²) < 4.78 is 1.32. The SMILES string of the molecule is Cc1ccc(SCC(=O)NNC(=O)Cn2c(=O)[nH]c3ccccc32)cc1. The van der Waals surface area contributed by atoms with Crippen molar-refractivity contribution < 1.29 is 9.59 Å². The average molecular weight is 370 g/mol. The number of aromatic amines is 1. The van der Waals surface area contributed by atoms with Gasteiger partial charge in [-0.25, -0.2) is 4.79 Å². The number of thioether (sulfide) groups is 1. The Morgan fingerprint density at radius 1 is 1.04 bits per heavy atom. The van der Waals surface area contributed by atoms with Crippen molar-refractivity contribution in [1.29, 1.82) is 0 Å². The van der Waals surface area contributed by atoms with Crippen molar-refractivity contribution in [3.63, 3.8) is 0 Å². The van der Waals surface area contributed by atoms with Crippen LogP contribution in [0.3, 0.4) is 0 Å². The van der Waals surface area contributed by atoms with Gasteiger partial charge >= 0.3 is 5.69 Å². The molecule has 3 N–H and O–H groups in total. The fourth-order valence-electron chi connectivity index (χ4n) is 2.41. The quantitative estimate of drug-likeness (QED) is 0.469. The summed E-state index contributed by atoms with van der Waals surface area (Å²) in [6.45, 7) is 1.81. The van der Waals surface area contributed by atoms with Crippen LogP contribution in [0.15, 0.2) is 58.2 Å². The molecule has 1 aromatic heterocycles. The summed E-state index contributed by atoms with van der Waals surface area (Å²) in [6, 6.07) is 14.9. The number of benzene rings is 2. The Labute approximate surface area is 153 Å². The highest BCUT2D eigenvalue weighted by Crippen LogP contribution is 2.17. The van der Waals surface area contributed by atoms with Crippen LogP contribution in [-0.2, 0) is 16.1 Å². The van der Waals surface area contributed by atoms with Crippen LogP contribution in [0.25, 0.3) is 11.0 Å². The Hall–Kier alpha value is -3.00. The van der Waals surface area contributed by atoms with Crippen LogP contribution >= 0.6 is 11.8 Å². The van der Waals surface area contributed by atoms with Gasteiger partial charge in [0.25, 0.3) is 5.91 Å². The van der Waals surface area contributed by atoms with E-state index in [1.807, 2.05) is 31.2 Å². The number of rotatable bonds is 5. The number of hydrazine groups is 1. The van der Waals surface area contributed by atoms with Gasteiger partial charge in [-0.05, 0) is 31.2 Å². The maximum atomic E-state index is 12.0. The third-order valence-corrected chi connectivity index (χ3v) is 4.73. The van der Waals surface area contributed by atoms with Crippen LogP contribution in [0.2, 0.25) is 0 Å². The molecule has 7 nitrogen and oxygen atoms in total. The molecule has 0 bridgehead atoms. The Morgan fingerprint density at radius 3 is 2.50 bits per heavy atom. The fraction of sp³-hybridized carbons (Fsp3) is 0.167. The van der Waals surface area contributed by atoms with Gasteiger partial charge in [0.1, 0.15) is 6.54 Å². The molecule has 0 atom stereocenters. The van der Waals surface area contributed by atoms with E-state index in [4.69, 9.17) is 0 Å². The smallest absolute Gasteiger partial charge is 0.306 e. The molecule has 3 aromatic rings. The van der Waals surface area contributed by atoms with Crippen LogP contribution in [-0.4, -0.2) is 27.1 Å². The van der Waals surface area contributed by atoms with Gasteiger partial charge in [-0.3, -0.25) is 25.0 Å². The van der Waals surface area contributed by atoms with E-state index in [1.165, 1.54) is 16.3 Å². The largest absolute Gasteiger partial charge is 0.326 e. The van der Waals surface area contributed by atoms with E-state index < -0.39 is 5.91 Å². The molecule has 0 saturated carbocycles. The third-order valence-electron chi connectivity index (χ3n) is 3.72. The number of nitrogens with one attached hydrogen (secondary N) is 3. The van der Waals surface area contributed by atoms with Gasteiger partial charge in [-0.2, -0.15) is 0 Å². The molecular formula is C18H18N4O3S. The summed E-state index contributed by atoms with van der Waals surface area (Å²) >= 11 is 1.38. The van der Waals surface area contributed by atoms with Gasteiger partial charge in [0, 0.05) is 4.90 Å². The number of aromatic nitrogens is 2. The minimum Gasteiger partial charge on any atom is -0.306 e. The number of H-pyrrole nitrogens is 1. The summed E-state index contributed by atoms with van der Waals surface area (Å²) in [5.74, 6) is -0.628. The van der Waals surface area contributed by atoms with E-state index in [0.29, 0.717) is 11.0 Å². The maximum absolute atomic E-state index is 12.0.